The standard InChI is InChI=1S/C26H35O2P.C12H11N.C6H7BO2.C6H6BrN.CH4/c1-27-23-17-11-18-24(28-2)26(23)22-16-9-10-19-25(22)29(20-12-5-3-6-13-20)21-14-7-4-8-15-21;1-10-7-8-12(13-9-10)11-5-3-2-4-6-11;8-7(9)6-4-2-1-3-5-6;1-5-2-3-6(7)8-4-5;/h9-11,16-21H,3-8,12-15H2,1-2H3;2-9H,1H3;1-5,8-9H;2-4H,1H3;1H4. The molecule has 2 N–H and O–H groups in total. The van der Waals surface area contributed by atoms with E-state index < -0.39 is 7.12 Å². The Morgan fingerprint density at radius 3 is 1.53 bits per heavy atom. The number of hydrogen-bond acceptors (Lipinski definition) is 6. The van der Waals surface area contributed by atoms with E-state index in [2.05, 4.69) is 80.5 Å². The molecule has 2 fully saturated rings. The van der Waals surface area contributed by atoms with E-state index in [4.69, 9.17) is 19.5 Å². The summed E-state index contributed by atoms with van der Waals surface area (Å²) in [6.45, 7) is 4.06. The van der Waals surface area contributed by atoms with Gasteiger partial charge < -0.3 is 19.5 Å². The lowest BCUT2D eigenvalue weighted by Gasteiger charge is -2.39. The van der Waals surface area contributed by atoms with Gasteiger partial charge in [0.25, 0.3) is 0 Å². The van der Waals surface area contributed by atoms with E-state index in [1.165, 1.54) is 86.5 Å². The highest BCUT2D eigenvalue weighted by atomic mass is 79.9. The zero-order valence-electron chi connectivity index (χ0n) is 35.0. The minimum atomic E-state index is -1.34. The third kappa shape index (κ3) is 14.7. The number of rotatable bonds is 8. The van der Waals surface area contributed by atoms with Gasteiger partial charge in [-0.3, -0.25) is 4.98 Å². The van der Waals surface area contributed by atoms with Crippen LogP contribution >= 0.6 is 23.9 Å². The van der Waals surface area contributed by atoms with Crippen LogP contribution in [0, 0.1) is 13.8 Å². The van der Waals surface area contributed by atoms with E-state index in [1.54, 1.807) is 43.8 Å². The van der Waals surface area contributed by atoms with Crippen molar-refractivity contribution in [3.63, 3.8) is 0 Å². The highest BCUT2D eigenvalue weighted by Crippen LogP contribution is 2.57. The van der Waals surface area contributed by atoms with E-state index in [0.717, 1.165) is 38.7 Å². The molecule has 6 aromatic rings. The topological polar surface area (TPSA) is 84.7 Å². The lowest BCUT2D eigenvalue weighted by Crippen LogP contribution is -2.29. The Hall–Kier alpha value is -4.33. The van der Waals surface area contributed by atoms with Crippen molar-refractivity contribution in [2.24, 2.45) is 0 Å². The van der Waals surface area contributed by atoms with Crippen LogP contribution in [0.3, 0.4) is 0 Å². The average molecular weight is 890 g/mol. The van der Waals surface area contributed by atoms with Crippen LogP contribution < -0.4 is 20.2 Å². The van der Waals surface area contributed by atoms with Gasteiger partial charge in [0.1, 0.15) is 16.1 Å². The molecule has 0 unspecified atom stereocenters. The average Bonchev–Trinajstić information content (AvgIpc) is 3.29. The highest BCUT2D eigenvalue weighted by Gasteiger charge is 2.34. The molecule has 2 saturated carbocycles. The van der Waals surface area contributed by atoms with Gasteiger partial charge in [0.2, 0.25) is 0 Å². The zero-order chi connectivity index (χ0) is 41.8. The van der Waals surface area contributed by atoms with Gasteiger partial charge in [-0.05, 0) is 119 Å². The predicted molar refractivity (Wildman–Crippen MR) is 259 cm³/mol. The second kappa shape index (κ2) is 26.1. The molecule has 0 saturated heterocycles. The summed E-state index contributed by atoms with van der Waals surface area (Å²) in [6, 6.07) is 42.2. The van der Waals surface area contributed by atoms with Gasteiger partial charge in [0.15, 0.2) is 0 Å². The number of ether oxygens (including phenoxy) is 2. The van der Waals surface area contributed by atoms with E-state index in [0.29, 0.717) is 5.46 Å². The number of aromatic nitrogens is 2. The number of nitrogens with zero attached hydrogens (tertiary/aromatic N) is 2. The van der Waals surface area contributed by atoms with Crippen LogP contribution in [0.25, 0.3) is 22.4 Å². The molecule has 2 aromatic heterocycles. The lowest BCUT2D eigenvalue weighted by molar-refractivity contribution is 0.397. The molecule has 2 aliphatic carbocycles. The monoisotopic (exact) mass is 888 g/mol. The first-order valence-corrected chi connectivity index (χ1v) is 23.1. The molecule has 0 bridgehead atoms. The van der Waals surface area contributed by atoms with Crippen molar-refractivity contribution in [1.29, 1.82) is 0 Å². The third-order valence-electron chi connectivity index (χ3n) is 10.8. The Morgan fingerprint density at radius 1 is 0.583 bits per heavy atom. The van der Waals surface area contributed by atoms with Crippen molar-refractivity contribution in [2.75, 3.05) is 14.2 Å². The molecule has 6 nitrogen and oxygen atoms in total. The first kappa shape index (κ1) is 48.3. The fraction of sp³-hybridized carbons (Fsp3) is 0.333. The molecule has 0 aliphatic heterocycles. The Kier molecular flexibility index (Phi) is 21.0. The smallest absolute Gasteiger partial charge is 0.488 e. The van der Waals surface area contributed by atoms with E-state index in [1.807, 2.05) is 74.8 Å². The van der Waals surface area contributed by atoms with Gasteiger partial charge >= 0.3 is 7.12 Å². The van der Waals surface area contributed by atoms with Crippen LogP contribution in [-0.2, 0) is 0 Å². The van der Waals surface area contributed by atoms with Crippen molar-refractivity contribution >= 4 is 41.7 Å². The van der Waals surface area contributed by atoms with Gasteiger partial charge in [-0.1, -0.05) is 157 Å². The Bertz CT molecular complexity index is 2020. The second-order valence-electron chi connectivity index (χ2n) is 15.1. The van der Waals surface area contributed by atoms with E-state index in [-0.39, 0.29) is 15.3 Å². The fourth-order valence-electron chi connectivity index (χ4n) is 7.76. The van der Waals surface area contributed by atoms with E-state index in [9.17, 15) is 0 Å². The molecule has 8 rings (SSSR count). The number of aryl methyl sites for hydroxylation is 2. The molecule has 2 aliphatic rings. The maximum absolute atomic E-state index is 8.58. The van der Waals surface area contributed by atoms with Crippen LogP contribution in [0.4, 0.5) is 0 Å². The largest absolute Gasteiger partial charge is 0.496 e. The summed E-state index contributed by atoms with van der Waals surface area (Å²) < 4.78 is 12.5. The van der Waals surface area contributed by atoms with Gasteiger partial charge in [-0.15, -0.1) is 0 Å². The minimum Gasteiger partial charge on any atom is -0.496 e. The maximum Gasteiger partial charge on any atom is 0.488 e. The van der Waals surface area contributed by atoms with Crippen molar-refractivity contribution < 1.29 is 19.5 Å². The summed E-state index contributed by atoms with van der Waals surface area (Å²) in [5.41, 5.74) is 9.34. The molecule has 2 heterocycles. The predicted octanol–water partition coefficient (Wildman–Crippen LogP) is 12.4. The number of halogens is 1. The molecule has 9 heteroatoms. The van der Waals surface area contributed by atoms with Crippen molar-refractivity contribution in [2.45, 2.75) is 96.8 Å². The molecule has 4 aromatic carbocycles. The van der Waals surface area contributed by atoms with Gasteiger partial charge in [-0.2, -0.15) is 0 Å². The Morgan fingerprint density at radius 2 is 1.08 bits per heavy atom. The summed E-state index contributed by atoms with van der Waals surface area (Å²) in [7, 11) is 2.02. The van der Waals surface area contributed by atoms with Gasteiger partial charge in [0, 0.05) is 18.0 Å². The fourth-order valence-corrected chi connectivity index (χ4v) is 11.9. The summed E-state index contributed by atoms with van der Waals surface area (Å²) in [6.07, 6.45) is 17.9. The lowest BCUT2D eigenvalue weighted by atomic mass is 9.81. The first-order valence-electron chi connectivity index (χ1n) is 20.8. The van der Waals surface area contributed by atoms with Crippen molar-refractivity contribution in [3.05, 3.63) is 156 Å². The highest BCUT2D eigenvalue weighted by molar-refractivity contribution is 9.10. The molecule has 60 heavy (non-hydrogen) atoms. The molecular formula is C51H63BBrN2O4P. The number of benzene rings is 4. The molecule has 0 atom stereocenters. The molecular weight excluding hydrogens is 826 g/mol. The summed E-state index contributed by atoms with van der Waals surface area (Å²) >= 11 is 3.23. The Labute approximate surface area is 369 Å². The van der Waals surface area contributed by atoms with Crippen molar-refractivity contribution in [1.82, 2.24) is 9.97 Å². The molecule has 0 spiro atoms. The van der Waals surface area contributed by atoms with Crippen molar-refractivity contribution in [3.8, 4) is 33.9 Å². The SMILES string of the molecule is C.COc1cccc(OC)c1-c1ccccc1P(C1CCCCC1)C1CCCCC1.Cc1ccc(-c2ccccc2)nc1.Cc1ccc(Br)nc1.OB(O)c1ccccc1. The molecule has 0 amide bonds. The first-order chi connectivity index (χ1) is 28.8. The van der Waals surface area contributed by atoms with Crippen LogP contribution in [0.2, 0.25) is 0 Å². The molecule has 0 radical (unpaired) electrons. The minimum absolute atomic E-state index is 0. The van der Waals surface area contributed by atoms with Crippen LogP contribution in [0.1, 0.15) is 82.8 Å². The van der Waals surface area contributed by atoms with Crippen LogP contribution in [0.5, 0.6) is 11.5 Å². The normalized spacial score (nSPS) is 13.8. The number of hydrogen-bond donors (Lipinski definition) is 2. The Balaban J connectivity index is 0.000000209. The van der Waals surface area contributed by atoms with Crippen LogP contribution in [-0.4, -0.2) is 52.7 Å². The molecule has 316 valence electrons. The maximum atomic E-state index is 8.58. The van der Waals surface area contributed by atoms with Crippen LogP contribution in [0.15, 0.2) is 144 Å². The summed E-state index contributed by atoms with van der Waals surface area (Å²) in [4.78, 5) is 8.34. The van der Waals surface area contributed by atoms with E-state index >= 15 is 0 Å². The zero-order valence-corrected chi connectivity index (χ0v) is 37.5. The van der Waals surface area contributed by atoms with Gasteiger partial charge in [-0.25, -0.2) is 4.98 Å². The summed E-state index contributed by atoms with van der Waals surface area (Å²) in [5, 5.41) is 18.7. The quantitative estimate of drug-likeness (QED) is 0.0900. The number of methoxy groups -OCH3 is 2. The number of pyridine rings is 2. The third-order valence-corrected chi connectivity index (χ3v) is 14.8. The summed E-state index contributed by atoms with van der Waals surface area (Å²) in [5.74, 6) is 1.83. The van der Waals surface area contributed by atoms with Gasteiger partial charge in [0.05, 0.1) is 25.5 Å². The second-order valence-corrected chi connectivity index (χ2v) is 18.6.